The lowest BCUT2D eigenvalue weighted by Gasteiger charge is -2.20. The molecule has 4 nitrogen and oxygen atoms in total. The van der Waals surface area contributed by atoms with Crippen LogP contribution in [0.3, 0.4) is 0 Å². The van der Waals surface area contributed by atoms with Crippen LogP contribution < -0.4 is 15.8 Å². The molecule has 0 atom stereocenters. The predicted octanol–water partition coefficient (Wildman–Crippen LogP) is 2.81. The van der Waals surface area contributed by atoms with Crippen LogP contribution in [0, 0.1) is 0 Å². The zero-order valence-corrected chi connectivity index (χ0v) is 10.3. The van der Waals surface area contributed by atoms with Crippen molar-refractivity contribution in [1.82, 2.24) is 5.32 Å². The normalized spacial score (nSPS) is 11.0. The fourth-order valence-corrected chi connectivity index (χ4v) is 1.22. The summed E-state index contributed by atoms with van der Waals surface area (Å²) in [7, 11) is 0. The lowest BCUT2D eigenvalue weighted by Crippen LogP contribution is -2.42. The van der Waals surface area contributed by atoms with E-state index in [1.54, 1.807) is 12.1 Å². The van der Waals surface area contributed by atoms with Gasteiger partial charge in [-0.2, -0.15) is 0 Å². The van der Waals surface area contributed by atoms with Crippen molar-refractivity contribution in [3.8, 4) is 5.75 Å². The molecular formula is C11H15ClN2O2. The zero-order chi connectivity index (χ0) is 12.3. The molecule has 0 saturated heterocycles. The quantitative estimate of drug-likeness (QED) is 0.745. The Balaban J connectivity index is 2.70. The van der Waals surface area contributed by atoms with Crippen molar-refractivity contribution in [3.05, 3.63) is 23.2 Å². The van der Waals surface area contributed by atoms with Gasteiger partial charge in [0.05, 0.1) is 5.69 Å². The summed E-state index contributed by atoms with van der Waals surface area (Å²) in [6, 6.07) is 4.69. The van der Waals surface area contributed by atoms with Crippen LogP contribution in [0.2, 0.25) is 5.02 Å². The molecule has 0 saturated carbocycles. The molecule has 3 N–H and O–H groups in total. The fourth-order valence-electron chi connectivity index (χ4n) is 1.04. The van der Waals surface area contributed by atoms with Gasteiger partial charge in [0.15, 0.2) is 5.75 Å². The molecule has 1 aromatic rings. The number of ether oxygens (including phenoxy) is 1. The molecule has 88 valence electrons. The first-order valence-electron chi connectivity index (χ1n) is 4.83. The summed E-state index contributed by atoms with van der Waals surface area (Å²) in [5.41, 5.74) is 5.63. The maximum atomic E-state index is 11.4. The highest BCUT2D eigenvalue weighted by Crippen LogP contribution is 2.25. The first-order chi connectivity index (χ1) is 7.28. The molecular weight excluding hydrogens is 228 g/mol. The van der Waals surface area contributed by atoms with E-state index >= 15 is 0 Å². The van der Waals surface area contributed by atoms with Gasteiger partial charge in [0.25, 0.3) is 0 Å². The van der Waals surface area contributed by atoms with Gasteiger partial charge in [-0.1, -0.05) is 11.6 Å². The summed E-state index contributed by atoms with van der Waals surface area (Å²) in [6.07, 6.45) is -0.540. The Hall–Kier alpha value is -1.42. The minimum atomic E-state index is -0.540. The number of nitrogens with two attached hydrogens (primary N) is 1. The molecule has 0 radical (unpaired) electrons. The molecule has 0 bridgehead atoms. The van der Waals surface area contributed by atoms with E-state index in [2.05, 4.69) is 5.32 Å². The molecule has 1 amide bonds. The Morgan fingerprint density at radius 3 is 2.56 bits per heavy atom. The monoisotopic (exact) mass is 242 g/mol. The number of halogens is 1. The van der Waals surface area contributed by atoms with Gasteiger partial charge >= 0.3 is 6.09 Å². The number of hydrogen-bond donors (Lipinski definition) is 2. The minimum Gasteiger partial charge on any atom is -0.408 e. The van der Waals surface area contributed by atoms with E-state index in [0.29, 0.717) is 16.5 Å². The highest BCUT2D eigenvalue weighted by molar-refractivity contribution is 6.30. The Bertz CT molecular complexity index is 399. The van der Waals surface area contributed by atoms with E-state index in [0.717, 1.165) is 0 Å². The molecule has 1 aromatic carbocycles. The van der Waals surface area contributed by atoms with Crippen molar-refractivity contribution < 1.29 is 9.53 Å². The standard InChI is InChI=1S/C11H15ClN2O2/c1-11(2,3)14-10(15)16-9-5-4-7(12)6-8(9)13/h4-6H,13H2,1-3H3,(H,14,15). The Labute approximate surface area is 99.7 Å². The second-order valence-corrected chi connectivity index (χ2v) is 4.88. The van der Waals surface area contributed by atoms with Crippen LogP contribution in [0.5, 0.6) is 5.75 Å². The van der Waals surface area contributed by atoms with Gasteiger partial charge in [-0.25, -0.2) is 4.79 Å². The Kier molecular flexibility index (Phi) is 3.65. The molecule has 0 fully saturated rings. The van der Waals surface area contributed by atoms with E-state index in [-0.39, 0.29) is 5.54 Å². The summed E-state index contributed by atoms with van der Waals surface area (Å²) in [6.45, 7) is 5.58. The van der Waals surface area contributed by atoms with Gasteiger partial charge in [0.1, 0.15) is 0 Å². The number of hydrogen-bond acceptors (Lipinski definition) is 3. The highest BCUT2D eigenvalue weighted by Gasteiger charge is 2.16. The third-order valence-electron chi connectivity index (χ3n) is 1.65. The third-order valence-corrected chi connectivity index (χ3v) is 1.89. The van der Waals surface area contributed by atoms with Gasteiger partial charge in [0.2, 0.25) is 0 Å². The van der Waals surface area contributed by atoms with Crippen molar-refractivity contribution in [2.75, 3.05) is 5.73 Å². The average molecular weight is 243 g/mol. The number of nitrogen functional groups attached to an aromatic ring is 1. The summed E-state index contributed by atoms with van der Waals surface area (Å²) < 4.78 is 5.04. The Morgan fingerprint density at radius 2 is 2.06 bits per heavy atom. The number of rotatable bonds is 1. The summed E-state index contributed by atoms with van der Waals surface area (Å²) >= 11 is 5.72. The minimum absolute atomic E-state index is 0.297. The number of benzene rings is 1. The van der Waals surface area contributed by atoms with E-state index in [9.17, 15) is 4.79 Å². The van der Waals surface area contributed by atoms with Crippen molar-refractivity contribution in [3.63, 3.8) is 0 Å². The second kappa shape index (κ2) is 4.61. The van der Waals surface area contributed by atoms with E-state index in [1.165, 1.54) is 6.07 Å². The van der Waals surface area contributed by atoms with Crippen molar-refractivity contribution >= 4 is 23.4 Å². The molecule has 0 heterocycles. The van der Waals surface area contributed by atoms with Crippen LogP contribution in [-0.2, 0) is 0 Å². The maximum Gasteiger partial charge on any atom is 0.413 e. The lowest BCUT2D eigenvalue weighted by atomic mass is 10.1. The number of amides is 1. The largest absolute Gasteiger partial charge is 0.413 e. The lowest BCUT2D eigenvalue weighted by molar-refractivity contribution is 0.191. The molecule has 0 unspecified atom stereocenters. The SMILES string of the molecule is CC(C)(C)NC(=O)Oc1ccc(Cl)cc1N. The van der Waals surface area contributed by atoms with Crippen LogP contribution in [0.15, 0.2) is 18.2 Å². The molecule has 0 spiro atoms. The number of nitrogens with one attached hydrogen (secondary N) is 1. The second-order valence-electron chi connectivity index (χ2n) is 4.45. The first kappa shape index (κ1) is 12.6. The van der Waals surface area contributed by atoms with Crippen molar-refractivity contribution in [1.29, 1.82) is 0 Å². The van der Waals surface area contributed by atoms with Crippen molar-refractivity contribution in [2.24, 2.45) is 0 Å². The van der Waals surface area contributed by atoms with Crippen LogP contribution >= 0.6 is 11.6 Å². The fraction of sp³-hybridized carbons (Fsp3) is 0.364. The average Bonchev–Trinajstić information content (AvgIpc) is 2.06. The number of anilines is 1. The van der Waals surface area contributed by atoms with E-state index in [4.69, 9.17) is 22.1 Å². The van der Waals surface area contributed by atoms with Crippen LogP contribution in [-0.4, -0.2) is 11.6 Å². The predicted molar refractivity (Wildman–Crippen MR) is 64.8 cm³/mol. The van der Waals surface area contributed by atoms with Crippen LogP contribution in [0.4, 0.5) is 10.5 Å². The van der Waals surface area contributed by atoms with E-state index < -0.39 is 6.09 Å². The third kappa shape index (κ3) is 3.98. The van der Waals surface area contributed by atoms with Gasteiger partial charge in [-0.05, 0) is 39.0 Å². The van der Waals surface area contributed by atoms with Gasteiger partial charge in [-0.3, -0.25) is 0 Å². The highest BCUT2D eigenvalue weighted by atomic mass is 35.5. The van der Waals surface area contributed by atoms with Gasteiger partial charge in [-0.15, -0.1) is 0 Å². The zero-order valence-electron chi connectivity index (χ0n) is 9.50. The Morgan fingerprint density at radius 1 is 1.44 bits per heavy atom. The van der Waals surface area contributed by atoms with Crippen LogP contribution in [0.25, 0.3) is 0 Å². The summed E-state index contributed by atoms with van der Waals surface area (Å²) in [5.74, 6) is 0.297. The molecule has 0 aliphatic carbocycles. The molecule has 1 rings (SSSR count). The number of carbonyl (C=O) groups is 1. The van der Waals surface area contributed by atoms with Crippen LogP contribution in [0.1, 0.15) is 20.8 Å². The van der Waals surface area contributed by atoms with Gasteiger partial charge in [0, 0.05) is 10.6 Å². The first-order valence-corrected chi connectivity index (χ1v) is 5.21. The van der Waals surface area contributed by atoms with Crippen molar-refractivity contribution in [2.45, 2.75) is 26.3 Å². The molecule has 0 aromatic heterocycles. The topological polar surface area (TPSA) is 64.3 Å². The van der Waals surface area contributed by atoms with Gasteiger partial charge < -0.3 is 15.8 Å². The summed E-state index contributed by atoms with van der Waals surface area (Å²) in [4.78, 5) is 11.4. The molecule has 0 aliphatic heterocycles. The smallest absolute Gasteiger partial charge is 0.408 e. The summed E-state index contributed by atoms with van der Waals surface area (Å²) in [5, 5.41) is 3.16. The molecule has 0 aliphatic rings. The maximum absolute atomic E-state index is 11.4. The number of carbonyl (C=O) groups excluding carboxylic acids is 1. The molecule has 5 heteroatoms. The molecule has 16 heavy (non-hydrogen) atoms. The van der Waals surface area contributed by atoms with E-state index in [1.807, 2.05) is 20.8 Å².